The van der Waals surface area contributed by atoms with E-state index in [1.807, 2.05) is 55.3 Å². The monoisotopic (exact) mass is 323 g/mol. The number of hydrogen-bond donors (Lipinski definition) is 1. The lowest BCUT2D eigenvalue weighted by atomic mass is 10.2. The molecule has 5 heteroatoms. The average molecular weight is 323 g/mol. The molecule has 0 amide bonds. The van der Waals surface area contributed by atoms with E-state index in [1.54, 1.807) is 0 Å². The summed E-state index contributed by atoms with van der Waals surface area (Å²) in [7, 11) is 1.95. The molecule has 0 spiro atoms. The number of fused-ring (bicyclic) bond motifs is 2. The maximum absolute atomic E-state index is 6.01. The van der Waals surface area contributed by atoms with Gasteiger partial charge in [-0.3, -0.25) is 0 Å². The lowest BCUT2D eigenvalue weighted by molar-refractivity contribution is 0.325. The van der Waals surface area contributed by atoms with E-state index in [1.165, 1.54) is 0 Å². The Kier molecular flexibility index (Phi) is 3.61. The second kappa shape index (κ2) is 5.92. The van der Waals surface area contributed by atoms with Gasteiger partial charge in [0.25, 0.3) is 6.01 Å². The van der Waals surface area contributed by atoms with Gasteiger partial charge in [0.05, 0.1) is 12.2 Å². The predicted octanol–water partition coefficient (Wildman–Crippen LogP) is 4.38. The highest BCUT2D eigenvalue weighted by Crippen LogP contribution is 2.29. The summed E-state index contributed by atoms with van der Waals surface area (Å²) < 4.78 is 11.8. The summed E-state index contributed by atoms with van der Waals surface area (Å²) in [5.74, 6) is 0.913. The predicted molar refractivity (Wildman–Crippen MR) is 97.9 cm³/mol. The van der Waals surface area contributed by atoms with Crippen LogP contribution < -0.4 is 9.64 Å². The minimum absolute atomic E-state index is 0. The van der Waals surface area contributed by atoms with Gasteiger partial charge < -0.3 is 19.0 Å². The third kappa shape index (κ3) is 2.58. The van der Waals surface area contributed by atoms with Crippen molar-refractivity contribution in [3.8, 4) is 5.75 Å². The normalized spacial score (nSPS) is 11.2. The van der Waals surface area contributed by atoms with Crippen molar-refractivity contribution in [3.63, 3.8) is 0 Å². The number of aryl methyl sites for hydroxylation is 1. The van der Waals surface area contributed by atoms with E-state index in [9.17, 15) is 0 Å². The molecule has 1 N–H and O–H groups in total. The molecule has 0 aliphatic carbocycles. The van der Waals surface area contributed by atoms with Crippen molar-refractivity contribution in [2.24, 2.45) is 0 Å². The van der Waals surface area contributed by atoms with Gasteiger partial charge in [0.15, 0.2) is 5.58 Å². The van der Waals surface area contributed by atoms with Gasteiger partial charge in [-0.1, -0.05) is 24.3 Å². The lowest BCUT2D eigenvalue weighted by Gasteiger charge is -2.15. The number of nitrogens with zero attached hydrogens (tertiary/aromatic N) is 2. The van der Waals surface area contributed by atoms with E-state index in [0.717, 1.165) is 33.4 Å². The van der Waals surface area contributed by atoms with Crippen molar-refractivity contribution in [1.29, 1.82) is 0 Å². The maximum Gasteiger partial charge on any atom is 0.298 e. The van der Waals surface area contributed by atoms with E-state index < -0.39 is 0 Å². The van der Waals surface area contributed by atoms with E-state index in [2.05, 4.69) is 22.1 Å². The Balaban J connectivity index is 0.00000182. The zero-order chi connectivity index (χ0) is 16.5. The van der Waals surface area contributed by atoms with Crippen molar-refractivity contribution in [2.45, 2.75) is 6.92 Å². The smallest absolute Gasteiger partial charge is 0.298 e. The maximum atomic E-state index is 6.01. The van der Waals surface area contributed by atoms with Gasteiger partial charge in [0.1, 0.15) is 17.9 Å². The first-order chi connectivity index (χ1) is 11.7. The number of benzene rings is 2. The number of likely N-dealkylation sites (N-methyl/N-ethyl adjacent to an activating group) is 1. The molecule has 4 rings (SSSR count). The fourth-order valence-corrected chi connectivity index (χ4v) is 2.84. The number of aromatic amines is 1. The number of nitrogens with one attached hydrogen (secondary N) is 1. The first-order valence-corrected chi connectivity index (χ1v) is 7.99. The highest BCUT2D eigenvalue weighted by atomic mass is 16.5. The van der Waals surface area contributed by atoms with E-state index in [4.69, 9.17) is 9.15 Å². The Morgan fingerprint density at radius 1 is 1.17 bits per heavy atom. The van der Waals surface area contributed by atoms with Gasteiger partial charge in [0.2, 0.25) is 0 Å². The van der Waals surface area contributed by atoms with Crippen LogP contribution >= 0.6 is 0 Å². The Morgan fingerprint density at radius 3 is 2.83 bits per heavy atom. The number of hydrogen-bond acceptors (Lipinski definition) is 4. The van der Waals surface area contributed by atoms with Crippen LogP contribution in [0.1, 0.15) is 7.12 Å². The van der Waals surface area contributed by atoms with Gasteiger partial charge in [0, 0.05) is 19.4 Å². The zero-order valence-corrected chi connectivity index (χ0v) is 13.7. The highest BCUT2D eigenvalue weighted by molar-refractivity contribution is 5.87. The van der Waals surface area contributed by atoms with Crippen LogP contribution in [-0.2, 0) is 0 Å². The number of ether oxygens (including phenoxy) is 1. The van der Waals surface area contributed by atoms with Gasteiger partial charge in [-0.25, -0.2) is 0 Å². The van der Waals surface area contributed by atoms with Crippen molar-refractivity contribution in [2.75, 3.05) is 25.1 Å². The molecular weight excluding hydrogens is 302 g/mol. The molecule has 2 aromatic carbocycles. The number of H-pyrrole nitrogens is 1. The van der Waals surface area contributed by atoms with Crippen molar-refractivity contribution >= 4 is 28.0 Å². The first kappa shape index (κ1) is 14.6. The molecule has 2 heterocycles. The lowest BCUT2D eigenvalue weighted by Crippen LogP contribution is -2.24. The Labute approximate surface area is 141 Å². The molecule has 0 radical (unpaired) electrons. The van der Waals surface area contributed by atoms with Gasteiger partial charge in [-0.15, -0.1) is 0 Å². The molecule has 0 fully saturated rings. The number of para-hydroxylation sites is 3. The molecule has 0 aliphatic rings. The largest absolute Gasteiger partial charge is 0.489 e. The molecule has 2 aromatic heterocycles. The molecule has 4 aromatic rings. The number of oxazole rings is 1. The number of rotatable bonds is 5. The van der Waals surface area contributed by atoms with Gasteiger partial charge >= 0.3 is 0 Å². The molecule has 0 unspecified atom stereocenters. The van der Waals surface area contributed by atoms with Crippen LogP contribution in [0.4, 0.5) is 6.01 Å². The standard InChI is InChI=1S/C19H19N3O2.H2/c1-13-18(14-7-3-4-8-15(14)20-13)23-12-11-22(2)19-21-16-9-5-6-10-17(16)24-19;/h3-10,20H,11-12H2,1-2H3;1H. The van der Waals surface area contributed by atoms with Crippen molar-refractivity contribution in [1.82, 2.24) is 9.97 Å². The topological polar surface area (TPSA) is 54.3 Å². The third-order valence-corrected chi connectivity index (χ3v) is 4.12. The second-order valence-corrected chi connectivity index (χ2v) is 5.86. The summed E-state index contributed by atoms with van der Waals surface area (Å²) in [5.41, 5.74) is 3.80. The quantitative estimate of drug-likeness (QED) is 0.592. The molecule has 124 valence electrons. The molecule has 0 saturated carbocycles. The summed E-state index contributed by atoms with van der Waals surface area (Å²) in [6.07, 6.45) is 0. The Morgan fingerprint density at radius 2 is 1.96 bits per heavy atom. The SMILES string of the molecule is Cc1[nH]c2ccccc2c1OCCN(C)c1nc2ccccc2o1.[HH]. The third-order valence-electron chi connectivity index (χ3n) is 4.12. The molecule has 0 bridgehead atoms. The fraction of sp³-hybridized carbons (Fsp3) is 0.211. The minimum Gasteiger partial charge on any atom is -0.489 e. The Bertz CT molecular complexity index is 960. The number of anilines is 1. The summed E-state index contributed by atoms with van der Waals surface area (Å²) >= 11 is 0. The molecule has 0 aliphatic heterocycles. The molecule has 0 atom stereocenters. The number of aromatic nitrogens is 2. The molecule has 0 saturated heterocycles. The van der Waals surface area contributed by atoms with Crippen LogP contribution in [0.15, 0.2) is 52.9 Å². The summed E-state index contributed by atoms with van der Waals surface area (Å²) in [4.78, 5) is 9.80. The van der Waals surface area contributed by atoms with Crippen molar-refractivity contribution < 1.29 is 10.6 Å². The van der Waals surface area contributed by atoms with E-state index in [-0.39, 0.29) is 1.43 Å². The molecule has 5 nitrogen and oxygen atoms in total. The van der Waals surface area contributed by atoms with E-state index >= 15 is 0 Å². The van der Waals surface area contributed by atoms with Crippen LogP contribution in [0.5, 0.6) is 5.75 Å². The molecular formula is C19H21N3O2. The zero-order valence-electron chi connectivity index (χ0n) is 13.7. The van der Waals surface area contributed by atoms with Gasteiger partial charge in [-0.05, 0) is 31.2 Å². The van der Waals surface area contributed by atoms with E-state index in [0.29, 0.717) is 19.2 Å². The highest BCUT2D eigenvalue weighted by Gasteiger charge is 2.12. The van der Waals surface area contributed by atoms with Crippen LogP contribution in [0, 0.1) is 6.92 Å². The first-order valence-electron chi connectivity index (χ1n) is 7.99. The van der Waals surface area contributed by atoms with Crippen LogP contribution in [0.2, 0.25) is 0 Å². The summed E-state index contributed by atoms with van der Waals surface area (Å²) in [6.45, 7) is 3.27. The average Bonchev–Trinajstić information content (AvgIpc) is 3.16. The minimum atomic E-state index is 0. The summed E-state index contributed by atoms with van der Waals surface area (Å²) in [6, 6.07) is 16.5. The Hall–Kier alpha value is -2.95. The van der Waals surface area contributed by atoms with Crippen LogP contribution in [-0.4, -0.2) is 30.2 Å². The van der Waals surface area contributed by atoms with Crippen molar-refractivity contribution in [3.05, 3.63) is 54.2 Å². The van der Waals surface area contributed by atoms with Crippen LogP contribution in [0.3, 0.4) is 0 Å². The summed E-state index contributed by atoms with van der Waals surface area (Å²) in [5, 5.41) is 1.11. The fourth-order valence-electron chi connectivity index (χ4n) is 2.84. The van der Waals surface area contributed by atoms with Crippen LogP contribution in [0.25, 0.3) is 22.0 Å². The second-order valence-electron chi connectivity index (χ2n) is 5.86. The molecule has 24 heavy (non-hydrogen) atoms. The van der Waals surface area contributed by atoms with Gasteiger partial charge in [-0.2, -0.15) is 4.98 Å².